The van der Waals surface area contributed by atoms with Gasteiger partial charge in [-0.15, -0.1) is 4.40 Å². The quantitative estimate of drug-likeness (QED) is 0.402. The number of hydrogen-bond acceptors (Lipinski definition) is 6. The van der Waals surface area contributed by atoms with Gasteiger partial charge in [-0.2, -0.15) is 0 Å². The van der Waals surface area contributed by atoms with Gasteiger partial charge in [-0.25, -0.2) is 13.4 Å². The van der Waals surface area contributed by atoms with Crippen LogP contribution in [0.3, 0.4) is 0 Å². The van der Waals surface area contributed by atoms with Crippen molar-refractivity contribution in [3.63, 3.8) is 0 Å². The number of sulfonamides is 1. The number of para-hydroxylation sites is 1. The third kappa shape index (κ3) is 5.43. The van der Waals surface area contributed by atoms with Gasteiger partial charge in [0.05, 0.1) is 24.5 Å². The molecule has 0 radical (unpaired) electrons. The lowest BCUT2D eigenvalue weighted by atomic mass is 10.2. The number of nitrogens with one attached hydrogen (secondary N) is 1. The number of nitrogens with zero attached hydrogens (tertiary/aromatic N) is 3. The minimum atomic E-state index is -3.97. The van der Waals surface area contributed by atoms with E-state index in [4.69, 9.17) is 15.2 Å². The van der Waals surface area contributed by atoms with Crippen molar-refractivity contribution in [3.8, 4) is 11.5 Å². The Labute approximate surface area is 182 Å². The molecule has 168 valence electrons. The van der Waals surface area contributed by atoms with Gasteiger partial charge in [0, 0.05) is 12.4 Å². The maximum absolute atomic E-state index is 13.4. The number of amides is 1. The van der Waals surface area contributed by atoms with Gasteiger partial charge in [-0.05, 0) is 51.5 Å². The minimum absolute atomic E-state index is 0.185. The number of methoxy groups -OCH3 is 2. The van der Waals surface area contributed by atoms with Crippen LogP contribution in [0.15, 0.2) is 41.1 Å². The molecule has 1 amide bonds. The Morgan fingerprint density at radius 3 is 2.23 bits per heavy atom. The number of rotatable bonds is 5. The van der Waals surface area contributed by atoms with Gasteiger partial charge in [0.2, 0.25) is 5.96 Å². The van der Waals surface area contributed by atoms with Crippen molar-refractivity contribution in [3.05, 3.63) is 47.8 Å². The first-order valence-corrected chi connectivity index (χ1v) is 10.7. The molecule has 2 rings (SSSR count). The lowest BCUT2D eigenvalue weighted by Crippen LogP contribution is -2.50. The number of carbonyl (C=O) groups is 1. The zero-order valence-electron chi connectivity index (χ0n) is 18.3. The summed E-state index contributed by atoms with van der Waals surface area (Å²) in [6, 6.07) is 6.55. The molecule has 0 atom stereocenters. The number of pyridine rings is 1. The Balaban J connectivity index is 2.64. The van der Waals surface area contributed by atoms with E-state index in [2.05, 4.69) is 14.8 Å². The number of benzene rings is 1. The Hall–Kier alpha value is -3.34. The molecular formula is C20H27N5O5S. The van der Waals surface area contributed by atoms with E-state index in [0.29, 0.717) is 0 Å². The molecular weight excluding hydrogens is 422 g/mol. The summed E-state index contributed by atoms with van der Waals surface area (Å²) in [4.78, 5) is 17.4. The second-order valence-electron chi connectivity index (χ2n) is 7.58. The van der Waals surface area contributed by atoms with Crippen molar-refractivity contribution in [2.75, 3.05) is 19.2 Å². The first kappa shape index (κ1) is 23.9. The summed E-state index contributed by atoms with van der Waals surface area (Å²) in [5.41, 5.74) is 9.64. The molecule has 1 aromatic heterocycles. The lowest BCUT2D eigenvalue weighted by molar-refractivity contribution is 0.0978. The topological polar surface area (TPSA) is 136 Å². The van der Waals surface area contributed by atoms with Crippen molar-refractivity contribution in [1.29, 1.82) is 0 Å². The summed E-state index contributed by atoms with van der Waals surface area (Å²) in [7, 11) is -1.11. The van der Waals surface area contributed by atoms with Crippen LogP contribution in [0.5, 0.6) is 11.5 Å². The van der Waals surface area contributed by atoms with Crippen molar-refractivity contribution in [1.82, 2.24) is 10.4 Å². The summed E-state index contributed by atoms with van der Waals surface area (Å²) in [6.07, 6.45) is 2.98. The van der Waals surface area contributed by atoms with E-state index >= 15 is 0 Å². The van der Waals surface area contributed by atoms with Crippen LogP contribution >= 0.6 is 0 Å². The fourth-order valence-electron chi connectivity index (χ4n) is 2.46. The second kappa shape index (κ2) is 9.21. The molecule has 0 bridgehead atoms. The molecule has 0 aliphatic carbocycles. The van der Waals surface area contributed by atoms with Gasteiger partial charge in [-0.3, -0.25) is 15.2 Å². The van der Waals surface area contributed by atoms with Crippen molar-refractivity contribution < 1.29 is 22.7 Å². The van der Waals surface area contributed by atoms with Crippen LogP contribution in [0.25, 0.3) is 0 Å². The fraction of sp³-hybridized carbons (Fsp3) is 0.350. The molecule has 1 aromatic carbocycles. The van der Waals surface area contributed by atoms with E-state index in [-0.39, 0.29) is 22.7 Å². The summed E-state index contributed by atoms with van der Waals surface area (Å²) < 4.78 is 38.1. The molecule has 10 nitrogen and oxygen atoms in total. The summed E-state index contributed by atoms with van der Waals surface area (Å²) >= 11 is 0. The first-order chi connectivity index (χ1) is 14.4. The highest BCUT2D eigenvalue weighted by atomic mass is 32.2. The van der Waals surface area contributed by atoms with Crippen LogP contribution in [0.4, 0.5) is 5.69 Å². The number of carbonyl (C=O) groups excluding carboxylic acids is 1. The molecule has 3 N–H and O–H groups in total. The number of hydrogen-bond donors (Lipinski definition) is 2. The van der Waals surface area contributed by atoms with Gasteiger partial charge in [0.15, 0.2) is 5.69 Å². The molecule has 0 saturated heterocycles. The Bertz CT molecular complexity index is 1070. The molecule has 0 saturated carbocycles. The third-order valence-corrected chi connectivity index (χ3v) is 6.15. The highest BCUT2D eigenvalue weighted by molar-refractivity contribution is 7.91. The Morgan fingerprint density at radius 1 is 1.16 bits per heavy atom. The zero-order chi connectivity index (χ0) is 23.4. The van der Waals surface area contributed by atoms with Crippen LogP contribution in [0.2, 0.25) is 0 Å². The highest BCUT2D eigenvalue weighted by Gasteiger charge is 2.31. The van der Waals surface area contributed by atoms with Gasteiger partial charge in [0.25, 0.3) is 15.9 Å². The zero-order valence-corrected chi connectivity index (χ0v) is 19.1. The van der Waals surface area contributed by atoms with Gasteiger partial charge in [0.1, 0.15) is 11.5 Å². The van der Waals surface area contributed by atoms with E-state index in [0.717, 1.165) is 10.6 Å². The number of aryl methyl sites for hydroxylation is 1. The predicted octanol–water partition coefficient (Wildman–Crippen LogP) is 2.00. The van der Waals surface area contributed by atoms with E-state index < -0.39 is 26.6 Å². The van der Waals surface area contributed by atoms with Gasteiger partial charge >= 0.3 is 0 Å². The van der Waals surface area contributed by atoms with E-state index in [1.54, 1.807) is 37.4 Å². The van der Waals surface area contributed by atoms with E-state index in [9.17, 15) is 13.2 Å². The normalized spacial score (nSPS) is 12.3. The summed E-state index contributed by atoms with van der Waals surface area (Å²) in [5.74, 6) is -0.512. The molecule has 0 unspecified atom stereocenters. The Kier molecular flexibility index (Phi) is 7.11. The van der Waals surface area contributed by atoms with Crippen LogP contribution in [0.1, 0.15) is 36.7 Å². The highest BCUT2D eigenvalue weighted by Crippen LogP contribution is 2.37. The van der Waals surface area contributed by atoms with Gasteiger partial charge < -0.3 is 15.2 Å². The van der Waals surface area contributed by atoms with Crippen LogP contribution in [-0.4, -0.2) is 44.2 Å². The van der Waals surface area contributed by atoms with Crippen molar-refractivity contribution in [2.45, 2.75) is 32.4 Å². The van der Waals surface area contributed by atoms with Gasteiger partial charge in [-0.1, -0.05) is 6.07 Å². The maximum atomic E-state index is 13.4. The number of aromatic nitrogens is 1. The average Bonchev–Trinajstić information content (AvgIpc) is 2.69. The van der Waals surface area contributed by atoms with E-state index in [1.165, 1.54) is 41.2 Å². The average molecular weight is 450 g/mol. The lowest BCUT2D eigenvalue weighted by Gasteiger charge is -2.27. The molecule has 31 heavy (non-hydrogen) atoms. The van der Waals surface area contributed by atoms with Crippen LogP contribution < -0.4 is 25.6 Å². The predicted molar refractivity (Wildman–Crippen MR) is 119 cm³/mol. The SMILES string of the molecule is COc1cccc(OC)c1N(NC(N)=NS(=O)(=O)C(C)(C)C)C(=O)c1cncc(C)c1. The largest absolute Gasteiger partial charge is 0.494 e. The Morgan fingerprint density at radius 2 is 1.74 bits per heavy atom. The molecule has 11 heteroatoms. The smallest absolute Gasteiger partial charge is 0.278 e. The summed E-state index contributed by atoms with van der Waals surface area (Å²) in [6.45, 7) is 6.26. The second-order valence-corrected chi connectivity index (χ2v) is 9.94. The van der Waals surface area contributed by atoms with Crippen LogP contribution in [-0.2, 0) is 10.0 Å². The third-order valence-electron chi connectivity index (χ3n) is 4.17. The minimum Gasteiger partial charge on any atom is -0.494 e. The molecule has 0 aliphatic heterocycles. The molecule has 0 fully saturated rings. The summed E-state index contributed by atoms with van der Waals surface area (Å²) in [5, 5.41) is 1.02. The number of hydrazine groups is 1. The number of guanidine groups is 1. The van der Waals surface area contributed by atoms with E-state index in [1.807, 2.05) is 0 Å². The standard InChI is InChI=1S/C20H27N5O5S/c1-13-10-14(12-22-11-13)18(26)25(17-15(29-5)8-7-9-16(17)30-6)23-19(21)24-31(27,28)20(2,3)4/h7-12H,1-6H3,(H3,21,23,24). The van der Waals surface area contributed by atoms with Crippen molar-refractivity contribution in [2.24, 2.45) is 10.1 Å². The van der Waals surface area contributed by atoms with Crippen molar-refractivity contribution >= 4 is 27.6 Å². The number of ether oxygens (including phenoxy) is 2. The number of anilines is 1. The van der Waals surface area contributed by atoms with Crippen LogP contribution in [0, 0.1) is 6.92 Å². The molecule has 1 heterocycles. The number of nitrogens with two attached hydrogens (primary N) is 1. The fourth-order valence-corrected chi connectivity index (χ4v) is 3.04. The first-order valence-electron chi connectivity index (χ1n) is 9.25. The maximum Gasteiger partial charge on any atom is 0.278 e. The molecule has 0 aliphatic rings. The monoisotopic (exact) mass is 449 g/mol. The molecule has 0 spiro atoms. The molecule has 2 aromatic rings.